The highest BCUT2D eigenvalue weighted by molar-refractivity contribution is 9.10. The standard InChI is InChI=1S/C15H18BrClN2O2/c16-13-3-1-2-12(14(13)17)15(20)19-5-4-11(10-19)18-6-8-21-9-7-18/h1-3,11H,4-10H2. The van der Waals surface area contributed by atoms with Crippen molar-refractivity contribution >= 4 is 33.4 Å². The molecule has 2 aliphatic rings. The van der Waals surface area contributed by atoms with Gasteiger partial charge in [0.1, 0.15) is 0 Å². The SMILES string of the molecule is O=C(c1cccc(Br)c1Cl)N1CCC(N2CCOCC2)C1. The fourth-order valence-corrected chi connectivity index (χ4v) is 3.58. The maximum atomic E-state index is 12.6. The van der Waals surface area contributed by atoms with Crippen LogP contribution < -0.4 is 0 Å². The summed E-state index contributed by atoms with van der Waals surface area (Å²) < 4.78 is 6.15. The molecule has 6 heteroatoms. The third-order valence-corrected chi connectivity index (χ3v) is 5.49. The molecule has 114 valence electrons. The molecule has 21 heavy (non-hydrogen) atoms. The van der Waals surface area contributed by atoms with Crippen molar-refractivity contribution in [2.24, 2.45) is 0 Å². The maximum absolute atomic E-state index is 12.6. The minimum atomic E-state index is 0.0251. The number of morpholine rings is 1. The Morgan fingerprint density at radius 1 is 1.29 bits per heavy atom. The molecule has 0 spiro atoms. The average Bonchev–Trinajstić information content (AvgIpc) is 3.00. The second-order valence-electron chi connectivity index (χ2n) is 5.44. The van der Waals surface area contributed by atoms with Crippen molar-refractivity contribution in [1.29, 1.82) is 0 Å². The molecule has 2 heterocycles. The van der Waals surface area contributed by atoms with Gasteiger partial charge in [-0.05, 0) is 34.5 Å². The molecule has 4 nitrogen and oxygen atoms in total. The molecule has 0 radical (unpaired) electrons. The maximum Gasteiger partial charge on any atom is 0.255 e. The van der Waals surface area contributed by atoms with Crippen LogP contribution in [-0.4, -0.2) is 61.1 Å². The van der Waals surface area contributed by atoms with E-state index in [-0.39, 0.29) is 5.91 Å². The average molecular weight is 374 g/mol. The van der Waals surface area contributed by atoms with Crippen LogP contribution in [0.2, 0.25) is 5.02 Å². The first-order chi connectivity index (χ1) is 10.2. The molecule has 1 amide bonds. The Morgan fingerprint density at radius 2 is 2.05 bits per heavy atom. The lowest BCUT2D eigenvalue weighted by Gasteiger charge is -2.32. The van der Waals surface area contributed by atoms with Crippen LogP contribution in [0.5, 0.6) is 0 Å². The van der Waals surface area contributed by atoms with Crippen LogP contribution >= 0.6 is 27.5 Å². The number of rotatable bonds is 2. The number of nitrogens with zero attached hydrogens (tertiary/aromatic N) is 2. The molecule has 0 aliphatic carbocycles. The molecule has 1 aromatic rings. The number of carbonyl (C=O) groups excluding carboxylic acids is 1. The molecular formula is C15H18BrClN2O2. The van der Waals surface area contributed by atoms with Gasteiger partial charge in [-0.15, -0.1) is 0 Å². The molecule has 1 atom stereocenters. The number of halogens is 2. The Kier molecular flexibility index (Phi) is 4.84. The predicted molar refractivity (Wildman–Crippen MR) is 85.9 cm³/mol. The molecule has 0 saturated carbocycles. The van der Waals surface area contributed by atoms with Crippen molar-refractivity contribution in [2.75, 3.05) is 39.4 Å². The van der Waals surface area contributed by atoms with Crippen LogP contribution in [0.1, 0.15) is 16.8 Å². The number of ether oxygens (including phenoxy) is 1. The zero-order valence-corrected chi connectivity index (χ0v) is 14.1. The largest absolute Gasteiger partial charge is 0.379 e. The van der Waals surface area contributed by atoms with Crippen molar-refractivity contribution in [2.45, 2.75) is 12.5 Å². The first kappa shape index (κ1) is 15.3. The van der Waals surface area contributed by atoms with Gasteiger partial charge in [-0.1, -0.05) is 17.7 Å². The van der Waals surface area contributed by atoms with E-state index in [1.807, 2.05) is 17.0 Å². The number of amides is 1. The number of carbonyl (C=O) groups is 1. The highest BCUT2D eigenvalue weighted by Crippen LogP contribution is 2.28. The van der Waals surface area contributed by atoms with Crippen molar-refractivity contribution in [3.05, 3.63) is 33.3 Å². The fourth-order valence-electron chi connectivity index (χ4n) is 3.01. The van der Waals surface area contributed by atoms with E-state index in [0.29, 0.717) is 16.6 Å². The summed E-state index contributed by atoms with van der Waals surface area (Å²) in [5.74, 6) is 0.0251. The van der Waals surface area contributed by atoms with Crippen LogP contribution in [-0.2, 0) is 4.74 Å². The Morgan fingerprint density at radius 3 is 2.81 bits per heavy atom. The van der Waals surface area contributed by atoms with E-state index in [1.165, 1.54) is 0 Å². The highest BCUT2D eigenvalue weighted by atomic mass is 79.9. The monoisotopic (exact) mass is 372 g/mol. The van der Waals surface area contributed by atoms with Gasteiger partial charge in [0.15, 0.2) is 0 Å². The first-order valence-corrected chi connectivity index (χ1v) is 8.39. The second kappa shape index (κ2) is 6.65. The minimum absolute atomic E-state index is 0.0251. The van der Waals surface area contributed by atoms with E-state index in [1.54, 1.807) is 6.07 Å². The molecule has 0 N–H and O–H groups in total. The zero-order valence-electron chi connectivity index (χ0n) is 11.7. The van der Waals surface area contributed by atoms with Crippen LogP contribution in [0.4, 0.5) is 0 Å². The van der Waals surface area contributed by atoms with Crippen molar-refractivity contribution < 1.29 is 9.53 Å². The van der Waals surface area contributed by atoms with Gasteiger partial charge in [-0.2, -0.15) is 0 Å². The third-order valence-electron chi connectivity index (χ3n) is 4.19. The number of hydrogen-bond acceptors (Lipinski definition) is 3. The van der Waals surface area contributed by atoms with E-state index in [0.717, 1.165) is 50.3 Å². The van der Waals surface area contributed by atoms with Gasteiger partial charge >= 0.3 is 0 Å². The molecular weight excluding hydrogens is 356 g/mol. The van der Waals surface area contributed by atoms with Crippen molar-refractivity contribution in [3.8, 4) is 0 Å². The molecule has 2 fully saturated rings. The van der Waals surface area contributed by atoms with E-state index < -0.39 is 0 Å². The van der Waals surface area contributed by atoms with Crippen molar-refractivity contribution in [3.63, 3.8) is 0 Å². The van der Waals surface area contributed by atoms with E-state index in [4.69, 9.17) is 16.3 Å². The lowest BCUT2D eigenvalue weighted by atomic mass is 10.2. The molecule has 0 bridgehead atoms. The lowest BCUT2D eigenvalue weighted by molar-refractivity contribution is 0.0185. The summed E-state index contributed by atoms with van der Waals surface area (Å²) >= 11 is 9.60. The van der Waals surface area contributed by atoms with E-state index in [9.17, 15) is 4.79 Å². The molecule has 1 aromatic carbocycles. The third kappa shape index (κ3) is 3.26. The lowest BCUT2D eigenvalue weighted by Crippen LogP contribution is -2.45. The van der Waals surface area contributed by atoms with E-state index >= 15 is 0 Å². The molecule has 2 aliphatic heterocycles. The molecule has 3 rings (SSSR count). The van der Waals surface area contributed by atoms with Crippen LogP contribution in [0, 0.1) is 0 Å². The minimum Gasteiger partial charge on any atom is -0.379 e. The smallest absolute Gasteiger partial charge is 0.255 e. The number of benzene rings is 1. The summed E-state index contributed by atoms with van der Waals surface area (Å²) in [5, 5.41) is 0.498. The quantitative estimate of drug-likeness (QED) is 0.799. The van der Waals surface area contributed by atoms with Crippen LogP contribution in [0.25, 0.3) is 0 Å². The summed E-state index contributed by atoms with van der Waals surface area (Å²) in [7, 11) is 0. The number of hydrogen-bond donors (Lipinski definition) is 0. The van der Waals surface area contributed by atoms with Gasteiger partial charge in [0.2, 0.25) is 0 Å². The fraction of sp³-hybridized carbons (Fsp3) is 0.533. The first-order valence-electron chi connectivity index (χ1n) is 7.22. The van der Waals surface area contributed by atoms with Crippen LogP contribution in [0.15, 0.2) is 22.7 Å². The summed E-state index contributed by atoms with van der Waals surface area (Å²) in [5.41, 5.74) is 0.577. The Labute approximate surface area is 138 Å². The van der Waals surface area contributed by atoms with Gasteiger partial charge in [-0.3, -0.25) is 9.69 Å². The zero-order chi connectivity index (χ0) is 14.8. The highest BCUT2D eigenvalue weighted by Gasteiger charge is 2.32. The summed E-state index contributed by atoms with van der Waals surface area (Å²) in [6.07, 6.45) is 1.03. The summed E-state index contributed by atoms with van der Waals surface area (Å²) in [6.45, 7) is 5.09. The Bertz CT molecular complexity index is 534. The van der Waals surface area contributed by atoms with Crippen LogP contribution in [0.3, 0.4) is 0 Å². The molecule has 1 unspecified atom stereocenters. The summed E-state index contributed by atoms with van der Waals surface area (Å²) in [4.78, 5) is 17.0. The van der Waals surface area contributed by atoms with Gasteiger partial charge in [-0.25, -0.2) is 0 Å². The molecule has 2 saturated heterocycles. The predicted octanol–water partition coefficient (Wildman–Crippen LogP) is 2.65. The Hall–Kier alpha value is -0.620. The van der Waals surface area contributed by atoms with E-state index in [2.05, 4.69) is 20.8 Å². The van der Waals surface area contributed by atoms with Gasteiger partial charge in [0.05, 0.1) is 23.8 Å². The number of likely N-dealkylation sites (tertiary alicyclic amines) is 1. The summed E-state index contributed by atoms with van der Waals surface area (Å²) in [6, 6.07) is 5.93. The topological polar surface area (TPSA) is 32.8 Å². The molecule has 0 aromatic heterocycles. The van der Waals surface area contributed by atoms with Gasteiger partial charge in [0.25, 0.3) is 5.91 Å². The van der Waals surface area contributed by atoms with Gasteiger partial charge < -0.3 is 9.64 Å². The normalized spacial score (nSPS) is 23.5. The van der Waals surface area contributed by atoms with Crippen molar-refractivity contribution in [1.82, 2.24) is 9.80 Å². The second-order valence-corrected chi connectivity index (χ2v) is 6.68. The van der Waals surface area contributed by atoms with Gasteiger partial charge in [0, 0.05) is 36.7 Å². The Balaban J connectivity index is 1.68.